The average molecular weight is 347 g/mol. The van der Waals surface area contributed by atoms with Gasteiger partial charge in [0, 0.05) is 30.2 Å². The zero-order valence-corrected chi connectivity index (χ0v) is 13.6. The van der Waals surface area contributed by atoms with E-state index < -0.39 is 0 Å². The third-order valence-corrected chi connectivity index (χ3v) is 3.95. The Balaban J connectivity index is 1.88. The monoisotopic (exact) mass is 346 g/mol. The van der Waals surface area contributed by atoms with Crippen LogP contribution in [0.3, 0.4) is 0 Å². The smallest absolute Gasteiger partial charge is 0.222 e. The van der Waals surface area contributed by atoms with Gasteiger partial charge in [-0.05, 0) is 35.7 Å². The Labute approximate surface area is 133 Å². The number of nitrogen functional groups attached to an aromatic ring is 1. The third-order valence-electron chi connectivity index (χ3n) is 3.42. The standard InChI is InChI=1S/C17H19BrN2O/c1-20(12-13-6-9-15(18)10-7-13)17(21)11-8-14-4-2-3-5-16(14)19/h2-7,9-10H,8,11-12,19H2,1H3. The van der Waals surface area contributed by atoms with Crippen LogP contribution in [0.15, 0.2) is 53.0 Å². The topological polar surface area (TPSA) is 46.3 Å². The van der Waals surface area contributed by atoms with Crippen molar-refractivity contribution in [3.63, 3.8) is 0 Å². The molecule has 3 nitrogen and oxygen atoms in total. The third kappa shape index (κ3) is 4.60. The van der Waals surface area contributed by atoms with Crippen molar-refractivity contribution < 1.29 is 4.79 Å². The van der Waals surface area contributed by atoms with Crippen molar-refractivity contribution in [2.45, 2.75) is 19.4 Å². The second-order valence-corrected chi connectivity index (χ2v) is 5.99. The molecule has 0 spiro atoms. The SMILES string of the molecule is CN(Cc1ccc(Br)cc1)C(=O)CCc1ccccc1N. The van der Waals surface area contributed by atoms with Crippen molar-refractivity contribution in [1.29, 1.82) is 0 Å². The first-order valence-corrected chi connectivity index (χ1v) is 7.67. The molecule has 4 heteroatoms. The molecule has 0 fully saturated rings. The molecular weight excluding hydrogens is 328 g/mol. The molecule has 2 N–H and O–H groups in total. The number of carbonyl (C=O) groups excluding carboxylic acids is 1. The Morgan fingerprint density at radius 2 is 1.81 bits per heavy atom. The summed E-state index contributed by atoms with van der Waals surface area (Å²) in [6.07, 6.45) is 1.15. The van der Waals surface area contributed by atoms with Gasteiger partial charge in [-0.3, -0.25) is 4.79 Å². The van der Waals surface area contributed by atoms with E-state index in [1.807, 2.05) is 55.6 Å². The van der Waals surface area contributed by atoms with Crippen molar-refractivity contribution >= 4 is 27.5 Å². The van der Waals surface area contributed by atoms with E-state index in [9.17, 15) is 4.79 Å². The summed E-state index contributed by atoms with van der Waals surface area (Å²) in [6, 6.07) is 15.7. The first-order chi connectivity index (χ1) is 10.1. The highest BCUT2D eigenvalue weighted by Crippen LogP contribution is 2.15. The minimum Gasteiger partial charge on any atom is -0.399 e. The van der Waals surface area contributed by atoms with E-state index in [0.717, 1.165) is 21.3 Å². The number of halogens is 1. The number of hydrogen-bond donors (Lipinski definition) is 1. The molecule has 2 aromatic carbocycles. The van der Waals surface area contributed by atoms with Gasteiger partial charge in [-0.15, -0.1) is 0 Å². The summed E-state index contributed by atoms with van der Waals surface area (Å²) in [4.78, 5) is 13.9. The Hall–Kier alpha value is -1.81. The highest BCUT2D eigenvalue weighted by molar-refractivity contribution is 9.10. The molecule has 0 heterocycles. The summed E-state index contributed by atoms with van der Waals surface area (Å²) >= 11 is 3.41. The maximum Gasteiger partial charge on any atom is 0.222 e. The lowest BCUT2D eigenvalue weighted by Crippen LogP contribution is -2.26. The van der Waals surface area contributed by atoms with E-state index in [-0.39, 0.29) is 5.91 Å². The van der Waals surface area contributed by atoms with Crippen LogP contribution in [0.1, 0.15) is 17.5 Å². The van der Waals surface area contributed by atoms with Crippen molar-refractivity contribution in [2.75, 3.05) is 12.8 Å². The summed E-state index contributed by atoms with van der Waals surface area (Å²) in [7, 11) is 1.83. The maximum atomic E-state index is 12.2. The number of aryl methyl sites for hydroxylation is 1. The number of para-hydroxylation sites is 1. The van der Waals surface area contributed by atoms with E-state index in [0.29, 0.717) is 19.4 Å². The Morgan fingerprint density at radius 3 is 2.48 bits per heavy atom. The van der Waals surface area contributed by atoms with Gasteiger partial charge in [0.15, 0.2) is 0 Å². The summed E-state index contributed by atoms with van der Waals surface area (Å²) in [5.41, 5.74) is 8.79. The van der Waals surface area contributed by atoms with E-state index in [4.69, 9.17) is 5.73 Å². The number of amides is 1. The molecule has 0 bridgehead atoms. The number of anilines is 1. The zero-order chi connectivity index (χ0) is 15.2. The molecule has 0 saturated carbocycles. The van der Waals surface area contributed by atoms with Gasteiger partial charge in [-0.2, -0.15) is 0 Å². The molecular formula is C17H19BrN2O. The molecule has 2 rings (SSSR count). The molecule has 2 aromatic rings. The molecule has 0 radical (unpaired) electrons. The molecule has 0 aliphatic carbocycles. The fraction of sp³-hybridized carbons (Fsp3) is 0.235. The van der Waals surface area contributed by atoms with Gasteiger partial charge in [0.2, 0.25) is 5.91 Å². The van der Waals surface area contributed by atoms with Gasteiger partial charge < -0.3 is 10.6 Å². The second kappa shape index (κ2) is 7.27. The number of nitrogens with zero attached hydrogens (tertiary/aromatic N) is 1. The number of benzene rings is 2. The van der Waals surface area contributed by atoms with Gasteiger partial charge in [0.25, 0.3) is 0 Å². The summed E-state index contributed by atoms with van der Waals surface area (Å²) < 4.78 is 1.04. The van der Waals surface area contributed by atoms with Crippen LogP contribution in [-0.4, -0.2) is 17.9 Å². The predicted molar refractivity (Wildman–Crippen MR) is 89.8 cm³/mol. The lowest BCUT2D eigenvalue weighted by atomic mass is 10.1. The molecule has 21 heavy (non-hydrogen) atoms. The van der Waals surface area contributed by atoms with E-state index in [2.05, 4.69) is 15.9 Å². The molecule has 1 amide bonds. The van der Waals surface area contributed by atoms with Crippen LogP contribution in [0, 0.1) is 0 Å². The molecule has 110 valence electrons. The van der Waals surface area contributed by atoms with Crippen molar-refractivity contribution in [1.82, 2.24) is 4.90 Å². The predicted octanol–water partition coefficient (Wildman–Crippen LogP) is 3.62. The van der Waals surface area contributed by atoms with Crippen LogP contribution in [-0.2, 0) is 17.8 Å². The Bertz CT molecular complexity index is 610. The van der Waals surface area contributed by atoms with Gasteiger partial charge >= 0.3 is 0 Å². The van der Waals surface area contributed by atoms with Crippen molar-refractivity contribution in [3.05, 3.63) is 64.1 Å². The minimum atomic E-state index is 0.126. The fourth-order valence-electron chi connectivity index (χ4n) is 2.15. The quantitative estimate of drug-likeness (QED) is 0.840. The summed E-state index contributed by atoms with van der Waals surface area (Å²) in [5.74, 6) is 0.126. The molecule has 0 unspecified atom stereocenters. The minimum absolute atomic E-state index is 0.126. The van der Waals surface area contributed by atoms with Crippen molar-refractivity contribution in [3.8, 4) is 0 Å². The van der Waals surface area contributed by atoms with Crippen LogP contribution < -0.4 is 5.73 Å². The fourth-order valence-corrected chi connectivity index (χ4v) is 2.41. The van der Waals surface area contributed by atoms with Gasteiger partial charge in [0.1, 0.15) is 0 Å². The van der Waals surface area contributed by atoms with E-state index in [1.54, 1.807) is 4.90 Å². The van der Waals surface area contributed by atoms with Crippen LogP contribution in [0.2, 0.25) is 0 Å². The van der Waals surface area contributed by atoms with Crippen LogP contribution in [0.25, 0.3) is 0 Å². The number of hydrogen-bond acceptors (Lipinski definition) is 2. The number of nitrogens with two attached hydrogens (primary N) is 1. The van der Waals surface area contributed by atoms with Gasteiger partial charge in [-0.1, -0.05) is 46.3 Å². The first kappa shape index (κ1) is 15.6. The summed E-state index contributed by atoms with van der Waals surface area (Å²) in [5, 5.41) is 0. The van der Waals surface area contributed by atoms with Crippen LogP contribution >= 0.6 is 15.9 Å². The zero-order valence-electron chi connectivity index (χ0n) is 12.1. The first-order valence-electron chi connectivity index (χ1n) is 6.88. The molecule has 0 saturated heterocycles. The summed E-state index contributed by atoms with van der Waals surface area (Å²) in [6.45, 7) is 0.621. The number of carbonyl (C=O) groups is 1. The molecule has 0 atom stereocenters. The lowest BCUT2D eigenvalue weighted by molar-refractivity contribution is -0.130. The second-order valence-electron chi connectivity index (χ2n) is 5.08. The van der Waals surface area contributed by atoms with Crippen LogP contribution in [0.5, 0.6) is 0 Å². The van der Waals surface area contributed by atoms with Crippen molar-refractivity contribution in [2.24, 2.45) is 0 Å². The maximum absolute atomic E-state index is 12.2. The van der Waals surface area contributed by atoms with E-state index in [1.165, 1.54) is 0 Å². The van der Waals surface area contributed by atoms with E-state index >= 15 is 0 Å². The van der Waals surface area contributed by atoms with Crippen LogP contribution in [0.4, 0.5) is 5.69 Å². The lowest BCUT2D eigenvalue weighted by Gasteiger charge is -2.17. The average Bonchev–Trinajstić information content (AvgIpc) is 2.48. The Kier molecular flexibility index (Phi) is 5.39. The normalized spacial score (nSPS) is 10.4. The van der Waals surface area contributed by atoms with Gasteiger partial charge in [-0.25, -0.2) is 0 Å². The molecule has 0 aliphatic heterocycles. The Morgan fingerprint density at radius 1 is 1.14 bits per heavy atom. The van der Waals surface area contributed by atoms with Gasteiger partial charge in [0.05, 0.1) is 0 Å². The number of rotatable bonds is 5. The molecule has 0 aromatic heterocycles. The largest absolute Gasteiger partial charge is 0.399 e. The highest BCUT2D eigenvalue weighted by atomic mass is 79.9. The molecule has 0 aliphatic rings. The highest BCUT2D eigenvalue weighted by Gasteiger charge is 2.10.